The van der Waals surface area contributed by atoms with Crippen molar-refractivity contribution in [1.29, 1.82) is 0 Å². The van der Waals surface area contributed by atoms with Crippen molar-refractivity contribution < 1.29 is 76.8 Å². The molecule has 0 N–H and O–H groups in total. The first-order valence-electron chi connectivity index (χ1n) is 16.6. The van der Waals surface area contributed by atoms with Crippen LogP contribution in [0.5, 0.6) is 0 Å². The predicted octanol–water partition coefficient (Wildman–Crippen LogP) is 7.21. The SMILES string of the molecule is CC(Cc1ccccc1)(c1ccccn1)c1cccc(=O)[n-]1.CC(Cc1ccccc1)(c1ccccn1)c1cccc(=O)[n-]1.O=[C-]C(F)(F)F.O=[C-]C(F)(F)F.[Pd+2].[Pd+2]. The Kier molecular flexibility index (Phi) is 21.0. The predicted molar refractivity (Wildman–Crippen MR) is 197 cm³/mol. The molecule has 0 bridgehead atoms. The molecule has 58 heavy (non-hydrogen) atoms. The van der Waals surface area contributed by atoms with Crippen LogP contribution in [0, 0.1) is 0 Å². The molecule has 6 rings (SSSR count). The van der Waals surface area contributed by atoms with Gasteiger partial charge in [0.15, 0.2) is 0 Å². The van der Waals surface area contributed by atoms with Gasteiger partial charge in [0, 0.05) is 34.6 Å². The molecule has 0 fully saturated rings. The molecule has 0 aliphatic rings. The molecular formula is C42H34F6N4O4Pd2. The average molecular weight is 986 g/mol. The first-order chi connectivity index (χ1) is 26.5. The van der Waals surface area contributed by atoms with Gasteiger partial charge in [-0.3, -0.25) is 9.97 Å². The topological polar surface area (TPSA) is 122 Å². The van der Waals surface area contributed by atoms with Crippen LogP contribution in [0.4, 0.5) is 26.3 Å². The molecule has 0 radical (unpaired) electrons. The smallest absolute Gasteiger partial charge is 0.626 e. The molecule has 2 unspecified atom stereocenters. The van der Waals surface area contributed by atoms with Crippen LogP contribution in [0.2, 0.25) is 0 Å². The summed E-state index contributed by atoms with van der Waals surface area (Å²) in [6.07, 6.45) is -4.79. The number of halogens is 6. The zero-order valence-electron chi connectivity index (χ0n) is 30.6. The Hall–Kier alpha value is -5.12. The van der Waals surface area contributed by atoms with Gasteiger partial charge in [0.05, 0.1) is 11.1 Å². The van der Waals surface area contributed by atoms with E-state index in [1.807, 2.05) is 84.9 Å². The number of hydrogen-bond donors (Lipinski definition) is 0. The zero-order valence-corrected chi connectivity index (χ0v) is 33.7. The second kappa shape index (κ2) is 24.0. The van der Waals surface area contributed by atoms with E-state index >= 15 is 0 Å². The third kappa shape index (κ3) is 16.8. The number of hydrogen-bond acceptors (Lipinski definition) is 6. The molecular weight excluding hydrogens is 951 g/mol. The van der Waals surface area contributed by atoms with E-state index in [0.29, 0.717) is 0 Å². The van der Waals surface area contributed by atoms with Gasteiger partial charge in [-0.2, -0.15) is 12.6 Å². The Bertz CT molecular complexity index is 2050. The summed E-state index contributed by atoms with van der Waals surface area (Å²) in [6, 6.07) is 42.4. The Morgan fingerprint density at radius 1 is 0.483 bits per heavy atom. The maximum atomic E-state index is 11.7. The fourth-order valence-corrected chi connectivity index (χ4v) is 5.46. The fourth-order valence-electron chi connectivity index (χ4n) is 5.46. The summed E-state index contributed by atoms with van der Waals surface area (Å²) in [4.78, 5) is 58.0. The summed E-state index contributed by atoms with van der Waals surface area (Å²) < 4.78 is 62.2. The van der Waals surface area contributed by atoms with Crippen molar-refractivity contribution in [2.24, 2.45) is 0 Å². The molecule has 0 saturated carbocycles. The summed E-state index contributed by atoms with van der Waals surface area (Å²) in [5, 5.41) is 0. The molecule has 6 aromatic rings. The zero-order chi connectivity index (χ0) is 41.2. The van der Waals surface area contributed by atoms with Crippen LogP contribution < -0.4 is 21.1 Å². The normalized spacial score (nSPS) is 12.6. The quantitative estimate of drug-likeness (QED) is 0.0892. The van der Waals surface area contributed by atoms with Crippen LogP contribution in [-0.4, -0.2) is 34.9 Å². The summed E-state index contributed by atoms with van der Waals surface area (Å²) >= 11 is 0. The first kappa shape index (κ1) is 50.9. The Morgan fingerprint density at radius 2 is 0.793 bits per heavy atom. The summed E-state index contributed by atoms with van der Waals surface area (Å²) in [5.74, 6) is 0. The van der Waals surface area contributed by atoms with Gasteiger partial charge >= 0.3 is 40.8 Å². The summed E-state index contributed by atoms with van der Waals surface area (Å²) in [6.45, 7) is 4.17. The summed E-state index contributed by atoms with van der Waals surface area (Å²) in [7, 11) is 0. The van der Waals surface area contributed by atoms with Crippen molar-refractivity contribution in [2.45, 2.75) is 49.9 Å². The first-order valence-corrected chi connectivity index (χ1v) is 16.6. The minimum absolute atomic E-state index is 0. The van der Waals surface area contributed by atoms with Gasteiger partial charge < -0.3 is 29.1 Å². The molecule has 2 atom stereocenters. The van der Waals surface area contributed by atoms with Crippen LogP contribution in [0.1, 0.15) is 47.8 Å². The molecule has 16 heteroatoms. The maximum absolute atomic E-state index is 11.7. The van der Waals surface area contributed by atoms with E-state index < -0.39 is 23.2 Å². The third-order valence-corrected chi connectivity index (χ3v) is 8.07. The largest absolute Gasteiger partial charge is 2.00 e. The molecule has 0 amide bonds. The molecule has 0 spiro atoms. The van der Waals surface area contributed by atoms with Gasteiger partial charge in [-0.1, -0.05) is 111 Å². The number of alkyl halides is 6. The summed E-state index contributed by atoms with van der Waals surface area (Å²) in [5.41, 5.74) is 4.40. The second-order valence-corrected chi connectivity index (χ2v) is 12.3. The van der Waals surface area contributed by atoms with Crippen molar-refractivity contribution in [2.75, 3.05) is 0 Å². The van der Waals surface area contributed by atoms with Gasteiger partial charge in [-0.05, 0) is 60.4 Å². The molecule has 4 heterocycles. The Labute approximate surface area is 357 Å². The van der Waals surface area contributed by atoms with Gasteiger partial charge in [0.1, 0.15) is 0 Å². The number of aromatic nitrogens is 4. The Balaban J connectivity index is 0.000000442. The van der Waals surface area contributed by atoms with Gasteiger partial charge in [0.25, 0.3) is 12.4 Å². The van der Waals surface area contributed by atoms with Crippen molar-refractivity contribution in [3.05, 3.63) is 200 Å². The second-order valence-electron chi connectivity index (χ2n) is 12.3. The number of benzene rings is 2. The molecule has 308 valence electrons. The van der Waals surface area contributed by atoms with E-state index in [2.05, 4.69) is 58.0 Å². The van der Waals surface area contributed by atoms with Gasteiger partial charge in [-0.15, -0.1) is 11.4 Å². The number of carbonyl (C=O) groups excluding carboxylic acids is 2. The molecule has 0 aliphatic heterocycles. The van der Waals surface area contributed by atoms with E-state index in [1.54, 1.807) is 24.5 Å². The van der Waals surface area contributed by atoms with E-state index in [1.165, 1.54) is 23.3 Å². The van der Waals surface area contributed by atoms with E-state index in [-0.39, 0.29) is 64.5 Å². The van der Waals surface area contributed by atoms with Gasteiger partial charge in [0.2, 0.25) is 0 Å². The van der Waals surface area contributed by atoms with Crippen molar-refractivity contribution >= 4 is 12.6 Å². The fraction of sp³-hybridized carbons (Fsp3) is 0.190. The molecule has 0 aliphatic carbocycles. The van der Waals surface area contributed by atoms with E-state index in [0.717, 1.165) is 35.6 Å². The number of rotatable bonds is 8. The van der Waals surface area contributed by atoms with Crippen LogP contribution in [0.15, 0.2) is 155 Å². The monoisotopic (exact) mass is 984 g/mol. The maximum Gasteiger partial charge on any atom is 2.00 e. The van der Waals surface area contributed by atoms with Crippen LogP contribution in [-0.2, 0) is 74.1 Å². The Morgan fingerprint density at radius 3 is 1.05 bits per heavy atom. The van der Waals surface area contributed by atoms with Crippen LogP contribution in [0.3, 0.4) is 0 Å². The van der Waals surface area contributed by atoms with E-state index in [9.17, 15) is 35.9 Å². The van der Waals surface area contributed by atoms with Crippen LogP contribution >= 0.6 is 0 Å². The number of pyridine rings is 4. The average Bonchev–Trinajstić information content (AvgIpc) is 3.19. The number of nitrogens with zero attached hydrogens (tertiary/aromatic N) is 4. The minimum atomic E-state index is -4.76. The van der Waals surface area contributed by atoms with Crippen molar-refractivity contribution in [1.82, 2.24) is 19.9 Å². The van der Waals surface area contributed by atoms with Crippen LogP contribution in [0.25, 0.3) is 0 Å². The standard InChI is InChI=1S/2C19H18N2O.2C2F3O.2Pd/c2*1-19(16-10-5-6-13-20-16,14-15-8-3-2-4-9-15)17-11-7-12-18(22)21-17;2*3-2(4,5)1-6;;/h2*2-13H,14H2,1H3,(H,21,22);;;;/q;;2*-1;2*+2/p-2. The molecule has 0 saturated heterocycles. The van der Waals surface area contributed by atoms with Crippen molar-refractivity contribution in [3.8, 4) is 0 Å². The molecule has 8 nitrogen and oxygen atoms in total. The van der Waals surface area contributed by atoms with Gasteiger partial charge in [-0.25, -0.2) is 26.3 Å². The minimum Gasteiger partial charge on any atom is -0.626 e. The molecule has 4 aromatic heterocycles. The van der Waals surface area contributed by atoms with E-state index in [4.69, 9.17) is 9.59 Å². The third-order valence-electron chi connectivity index (χ3n) is 8.07. The van der Waals surface area contributed by atoms with Crippen molar-refractivity contribution in [3.63, 3.8) is 0 Å². The molecule has 2 aromatic carbocycles.